The Kier molecular flexibility index (Phi) is 5.26. The van der Waals surface area contributed by atoms with Gasteiger partial charge in [0, 0.05) is 11.6 Å². The van der Waals surface area contributed by atoms with Crippen LogP contribution in [-0.2, 0) is 9.53 Å². The molecule has 1 heterocycles. The number of hydrogen-bond donors (Lipinski definition) is 1. The second kappa shape index (κ2) is 7.77. The number of nitrogens with zero attached hydrogens (tertiary/aromatic N) is 1. The van der Waals surface area contributed by atoms with Gasteiger partial charge >= 0.3 is 5.97 Å². The third-order valence-electron chi connectivity index (χ3n) is 3.78. The minimum atomic E-state index is -0.456. The van der Waals surface area contributed by atoms with Gasteiger partial charge in [-0.15, -0.1) is 0 Å². The number of methoxy groups -OCH3 is 2. The first-order valence-electron chi connectivity index (χ1n) is 8.15. The lowest BCUT2D eigenvalue weighted by Crippen LogP contribution is -2.13. The number of carbonyl (C=O) groups excluding carboxylic acids is 1. The molecule has 0 saturated carbocycles. The summed E-state index contributed by atoms with van der Waals surface area (Å²) in [4.78, 5) is 19.1. The van der Waals surface area contributed by atoms with Crippen molar-refractivity contribution < 1.29 is 23.7 Å². The van der Waals surface area contributed by atoms with Crippen LogP contribution in [0.25, 0.3) is 22.4 Å². The van der Waals surface area contributed by atoms with Crippen molar-refractivity contribution >= 4 is 17.0 Å². The van der Waals surface area contributed by atoms with Crippen LogP contribution in [0.3, 0.4) is 0 Å². The summed E-state index contributed by atoms with van der Waals surface area (Å²) in [7, 11) is 2.94. The molecule has 0 unspecified atom stereocenters. The standard InChI is InChI=1S/C19H20N2O5/c1-4-25-17-9-12(5-8-16(17)26-11-18(22)24-3)19-20-14-7-6-13(23-2)10-15(14)21-19/h5-10H,4,11H2,1-3H3,(H,20,21). The summed E-state index contributed by atoms with van der Waals surface area (Å²) in [5.74, 6) is 2.01. The molecule has 0 amide bonds. The van der Waals surface area contributed by atoms with E-state index in [0.29, 0.717) is 23.9 Å². The third-order valence-corrected chi connectivity index (χ3v) is 3.78. The number of carbonyl (C=O) groups is 1. The van der Waals surface area contributed by atoms with E-state index in [0.717, 1.165) is 22.3 Å². The van der Waals surface area contributed by atoms with Gasteiger partial charge in [0.05, 0.1) is 31.9 Å². The minimum absolute atomic E-state index is 0.180. The molecule has 26 heavy (non-hydrogen) atoms. The Morgan fingerprint density at radius 3 is 2.65 bits per heavy atom. The van der Waals surface area contributed by atoms with E-state index in [2.05, 4.69) is 14.7 Å². The SMILES string of the molecule is CCOc1cc(-c2nc3ccc(OC)cc3[nH]2)ccc1OCC(=O)OC. The average molecular weight is 356 g/mol. The van der Waals surface area contributed by atoms with E-state index in [9.17, 15) is 4.79 Å². The van der Waals surface area contributed by atoms with Crippen LogP contribution in [0, 0.1) is 0 Å². The number of ether oxygens (including phenoxy) is 4. The number of fused-ring (bicyclic) bond motifs is 1. The molecular weight excluding hydrogens is 336 g/mol. The van der Waals surface area contributed by atoms with Gasteiger partial charge in [0.25, 0.3) is 0 Å². The Balaban J connectivity index is 1.92. The lowest BCUT2D eigenvalue weighted by atomic mass is 10.2. The number of esters is 1. The van der Waals surface area contributed by atoms with Crippen LogP contribution in [0.2, 0.25) is 0 Å². The summed E-state index contributed by atoms with van der Waals surface area (Å²) in [6.07, 6.45) is 0. The molecule has 0 aliphatic rings. The predicted octanol–water partition coefficient (Wildman–Crippen LogP) is 3.19. The van der Waals surface area contributed by atoms with Crippen molar-refractivity contribution in [3.63, 3.8) is 0 Å². The molecule has 0 saturated heterocycles. The zero-order valence-corrected chi connectivity index (χ0v) is 14.9. The average Bonchev–Trinajstić information content (AvgIpc) is 3.10. The zero-order chi connectivity index (χ0) is 18.5. The molecule has 7 nitrogen and oxygen atoms in total. The van der Waals surface area contributed by atoms with E-state index in [1.165, 1.54) is 7.11 Å². The number of H-pyrrole nitrogens is 1. The molecule has 0 bridgehead atoms. The summed E-state index contributed by atoms with van der Waals surface area (Å²) in [5.41, 5.74) is 2.56. The van der Waals surface area contributed by atoms with E-state index >= 15 is 0 Å². The molecule has 2 aromatic carbocycles. The normalized spacial score (nSPS) is 10.6. The van der Waals surface area contributed by atoms with Crippen LogP contribution in [0.4, 0.5) is 0 Å². The smallest absolute Gasteiger partial charge is 0.343 e. The van der Waals surface area contributed by atoms with Gasteiger partial charge in [-0.05, 0) is 37.3 Å². The highest BCUT2D eigenvalue weighted by Gasteiger charge is 2.12. The van der Waals surface area contributed by atoms with E-state index in [4.69, 9.17) is 14.2 Å². The topological polar surface area (TPSA) is 82.7 Å². The van der Waals surface area contributed by atoms with Gasteiger partial charge in [0.2, 0.25) is 0 Å². The first-order valence-corrected chi connectivity index (χ1v) is 8.15. The number of aromatic nitrogens is 2. The first-order chi connectivity index (χ1) is 12.6. The molecule has 3 aromatic rings. The van der Waals surface area contributed by atoms with E-state index in [1.54, 1.807) is 13.2 Å². The van der Waals surface area contributed by atoms with Crippen LogP contribution < -0.4 is 14.2 Å². The fourth-order valence-corrected chi connectivity index (χ4v) is 2.49. The maximum atomic E-state index is 11.3. The van der Waals surface area contributed by atoms with Gasteiger partial charge in [0.1, 0.15) is 11.6 Å². The Morgan fingerprint density at radius 2 is 1.92 bits per heavy atom. The molecule has 0 atom stereocenters. The number of hydrogen-bond acceptors (Lipinski definition) is 6. The summed E-state index contributed by atoms with van der Waals surface area (Å²) in [6, 6.07) is 11.1. The highest BCUT2D eigenvalue weighted by molar-refractivity contribution is 5.81. The van der Waals surface area contributed by atoms with Crippen molar-refractivity contribution in [1.29, 1.82) is 0 Å². The molecule has 0 aliphatic heterocycles. The van der Waals surface area contributed by atoms with Crippen molar-refractivity contribution in [3.05, 3.63) is 36.4 Å². The van der Waals surface area contributed by atoms with Crippen LogP contribution in [0.15, 0.2) is 36.4 Å². The fraction of sp³-hybridized carbons (Fsp3) is 0.263. The fourth-order valence-electron chi connectivity index (χ4n) is 2.49. The number of nitrogens with one attached hydrogen (secondary N) is 1. The number of rotatable bonds is 7. The Labute approximate surface area is 150 Å². The minimum Gasteiger partial charge on any atom is -0.497 e. The second-order valence-electron chi connectivity index (χ2n) is 5.43. The van der Waals surface area contributed by atoms with Gasteiger partial charge in [0.15, 0.2) is 18.1 Å². The second-order valence-corrected chi connectivity index (χ2v) is 5.43. The molecule has 0 spiro atoms. The molecule has 0 fully saturated rings. The van der Waals surface area contributed by atoms with E-state index in [-0.39, 0.29) is 6.61 Å². The van der Waals surface area contributed by atoms with Crippen molar-refractivity contribution in [3.8, 4) is 28.6 Å². The quantitative estimate of drug-likeness (QED) is 0.655. The summed E-state index contributed by atoms with van der Waals surface area (Å²) in [5, 5.41) is 0. The number of benzene rings is 2. The van der Waals surface area contributed by atoms with Crippen LogP contribution in [-0.4, -0.2) is 43.4 Å². The Hall–Kier alpha value is -3.22. The van der Waals surface area contributed by atoms with Gasteiger partial charge in [-0.25, -0.2) is 9.78 Å². The monoisotopic (exact) mass is 356 g/mol. The summed E-state index contributed by atoms with van der Waals surface area (Å²) >= 11 is 0. The lowest BCUT2D eigenvalue weighted by Gasteiger charge is -2.12. The van der Waals surface area contributed by atoms with Crippen molar-refractivity contribution in [2.24, 2.45) is 0 Å². The van der Waals surface area contributed by atoms with E-state index in [1.807, 2.05) is 37.3 Å². The first kappa shape index (κ1) is 17.6. The lowest BCUT2D eigenvalue weighted by molar-refractivity contribution is -0.142. The maximum Gasteiger partial charge on any atom is 0.343 e. The highest BCUT2D eigenvalue weighted by Crippen LogP contribution is 2.33. The molecule has 3 rings (SSSR count). The third kappa shape index (κ3) is 3.72. The molecule has 136 valence electrons. The van der Waals surface area contributed by atoms with Crippen molar-refractivity contribution in [2.45, 2.75) is 6.92 Å². The van der Waals surface area contributed by atoms with Crippen molar-refractivity contribution in [2.75, 3.05) is 27.4 Å². The van der Waals surface area contributed by atoms with Gasteiger partial charge in [-0.2, -0.15) is 0 Å². The molecular formula is C19H20N2O5. The van der Waals surface area contributed by atoms with Gasteiger partial charge in [-0.1, -0.05) is 0 Å². The van der Waals surface area contributed by atoms with E-state index < -0.39 is 5.97 Å². The van der Waals surface area contributed by atoms with Gasteiger partial charge in [-0.3, -0.25) is 0 Å². The molecule has 0 radical (unpaired) electrons. The van der Waals surface area contributed by atoms with Gasteiger partial charge < -0.3 is 23.9 Å². The Bertz CT molecular complexity index is 919. The van der Waals surface area contributed by atoms with Crippen molar-refractivity contribution in [1.82, 2.24) is 9.97 Å². The molecule has 1 N–H and O–H groups in total. The highest BCUT2D eigenvalue weighted by atomic mass is 16.6. The number of imidazole rings is 1. The largest absolute Gasteiger partial charge is 0.497 e. The van der Waals surface area contributed by atoms with Crippen LogP contribution in [0.1, 0.15) is 6.92 Å². The zero-order valence-electron chi connectivity index (χ0n) is 14.9. The molecule has 1 aromatic heterocycles. The molecule has 0 aliphatic carbocycles. The summed E-state index contributed by atoms with van der Waals surface area (Å²) < 4.78 is 20.9. The maximum absolute atomic E-state index is 11.3. The molecule has 7 heteroatoms. The predicted molar refractivity (Wildman–Crippen MR) is 96.8 cm³/mol. The Morgan fingerprint density at radius 1 is 1.08 bits per heavy atom. The number of aromatic amines is 1. The van der Waals surface area contributed by atoms with Crippen LogP contribution >= 0.6 is 0 Å². The summed E-state index contributed by atoms with van der Waals surface area (Å²) in [6.45, 7) is 2.17. The van der Waals surface area contributed by atoms with Crippen LogP contribution in [0.5, 0.6) is 17.2 Å².